The molecule has 3 nitrogen and oxygen atoms in total. The normalized spacial score (nSPS) is 23.0. The van der Waals surface area contributed by atoms with E-state index < -0.39 is 0 Å². The zero-order chi connectivity index (χ0) is 15.2. The summed E-state index contributed by atoms with van der Waals surface area (Å²) in [6, 6.07) is 8.90. The first kappa shape index (κ1) is 16.0. The van der Waals surface area contributed by atoms with Crippen molar-refractivity contribution < 1.29 is 4.79 Å². The Kier molecular flexibility index (Phi) is 5.80. The highest BCUT2D eigenvalue weighted by Crippen LogP contribution is 2.25. The van der Waals surface area contributed by atoms with E-state index in [9.17, 15) is 4.79 Å². The van der Waals surface area contributed by atoms with E-state index in [0.717, 1.165) is 19.3 Å². The second-order valence-electron chi connectivity index (χ2n) is 6.30. The number of aryl methyl sites for hydroxylation is 1. The molecule has 1 aromatic carbocycles. The third-order valence-corrected chi connectivity index (χ3v) is 4.76. The van der Waals surface area contributed by atoms with Crippen LogP contribution in [0.1, 0.15) is 56.6 Å². The highest BCUT2D eigenvalue weighted by Gasteiger charge is 2.27. The predicted octanol–water partition coefficient (Wildman–Crippen LogP) is 2.99. The van der Waals surface area contributed by atoms with Gasteiger partial charge >= 0.3 is 0 Å². The summed E-state index contributed by atoms with van der Waals surface area (Å²) in [4.78, 5) is 12.2. The van der Waals surface area contributed by atoms with Crippen molar-refractivity contribution in [2.24, 2.45) is 11.7 Å². The molecule has 1 amide bonds. The third kappa shape index (κ3) is 4.31. The van der Waals surface area contributed by atoms with Gasteiger partial charge < -0.3 is 11.1 Å². The maximum absolute atomic E-state index is 12.2. The molecule has 0 saturated heterocycles. The Morgan fingerprint density at radius 3 is 2.67 bits per heavy atom. The van der Waals surface area contributed by atoms with Crippen LogP contribution in [0, 0.1) is 5.92 Å². The van der Waals surface area contributed by atoms with Crippen LogP contribution in [-0.4, -0.2) is 18.5 Å². The van der Waals surface area contributed by atoms with Crippen LogP contribution in [-0.2, 0) is 11.2 Å². The lowest BCUT2D eigenvalue weighted by Gasteiger charge is -2.21. The van der Waals surface area contributed by atoms with Gasteiger partial charge in [-0.3, -0.25) is 4.79 Å². The molecule has 1 aliphatic rings. The summed E-state index contributed by atoms with van der Waals surface area (Å²) in [5.74, 6) is 0.883. The summed E-state index contributed by atoms with van der Waals surface area (Å²) in [5.41, 5.74) is 8.35. The van der Waals surface area contributed by atoms with Crippen LogP contribution in [0.4, 0.5) is 0 Å². The van der Waals surface area contributed by atoms with Gasteiger partial charge in [0.05, 0.1) is 0 Å². The molecule has 1 saturated carbocycles. The molecule has 21 heavy (non-hydrogen) atoms. The van der Waals surface area contributed by atoms with Crippen molar-refractivity contribution >= 4 is 5.91 Å². The van der Waals surface area contributed by atoms with Crippen LogP contribution >= 0.6 is 0 Å². The van der Waals surface area contributed by atoms with Crippen LogP contribution in [0.2, 0.25) is 0 Å². The molecule has 2 rings (SSSR count). The monoisotopic (exact) mass is 288 g/mol. The minimum Gasteiger partial charge on any atom is -0.353 e. The minimum atomic E-state index is 0.160. The molecular formula is C18H28N2O. The number of carbonyl (C=O) groups excluding carboxylic acids is 1. The second kappa shape index (κ2) is 7.60. The Morgan fingerprint density at radius 1 is 1.33 bits per heavy atom. The molecule has 3 heteroatoms. The van der Waals surface area contributed by atoms with Crippen molar-refractivity contribution in [3.63, 3.8) is 0 Å². The van der Waals surface area contributed by atoms with Crippen molar-refractivity contribution in [3.8, 4) is 0 Å². The van der Waals surface area contributed by atoms with Gasteiger partial charge in [0.25, 0.3) is 0 Å². The van der Waals surface area contributed by atoms with E-state index in [1.54, 1.807) is 0 Å². The highest BCUT2D eigenvalue weighted by atomic mass is 16.1. The van der Waals surface area contributed by atoms with Gasteiger partial charge in [0.1, 0.15) is 0 Å². The van der Waals surface area contributed by atoms with Crippen molar-refractivity contribution in [2.75, 3.05) is 6.54 Å². The predicted molar refractivity (Wildman–Crippen MR) is 87.2 cm³/mol. The molecule has 0 radical (unpaired) electrons. The molecular weight excluding hydrogens is 260 g/mol. The summed E-state index contributed by atoms with van der Waals surface area (Å²) >= 11 is 0. The average molecular weight is 288 g/mol. The summed E-state index contributed by atoms with van der Waals surface area (Å²) in [5, 5.41) is 3.18. The first-order valence-corrected chi connectivity index (χ1v) is 8.22. The number of hydrogen-bond donors (Lipinski definition) is 2. The lowest BCUT2D eigenvalue weighted by Crippen LogP contribution is -2.40. The van der Waals surface area contributed by atoms with Gasteiger partial charge in [0, 0.05) is 12.5 Å². The fourth-order valence-electron chi connectivity index (χ4n) is 3.25. The number of nitrogens with two attached hydrogens (primary N) is 1. The Balaban J connectivity index is 1.86. The zero-order valence-electron chi connectivity index (χ0n) is 13.3. The van der Waals surface area contributed by atoms with E-state index >= 15 is 0 Å². The molecule has 0 heterocycles. The number of carbonyl (C=O) groups is 1. The van der Waals surface area contributed by atoms with E-state index in [0.29, 0.717) is 18.9 Å². The van der Waals surface area contributed by atoms with Crippen LogP contribution in [0.5, 0.6) is 0 Å². The van der Waals surface area contributed by atoms with Gasteiger partial charge in [0.2, 0.25) is 5.91 Å². The van der Waals surface area contributed by atoms with Crippen LogP contribution in [0.3, 0.4) is 0 Å². The van der Waals surface area contributed by atoms with E-state index in [-0.39, 0.29) is 17.9 Å². The lowest BCUT2D eigenvalue weighted by atomic mass is 9.95. The van der Waals surface area contributed by atoms with Gasteiger partial charge in [-0.2, -0.15) is 0 Å². The molecule has 0 bridgehead atoms. The highest BCUT2D eigenvalue weighted by molar-refractivity contribution is 5.77. The second-order valence-corrected chi connectivity index (χ2v) is 6.30. The van der Waals surface area contributed by atoms with Crippen molar-refractivity contribution in [1.82, 2.24) is 5.32 Å². The van der Waals surface area contributed by atoms with Gasteiger partial charge in [-0.25, -0.2) is 0 Å². The summed E-state index contributed by atoms with van der Waals surface area (Å²) in [6.07, 6.45) is 5.01. The summed E-state index contributed by atoms with van der Waals surface area (Å²) in [6.45, 7) is 4.95. The molecule has 3 N–H and O–H groups in total. The first-order chi connectivity index (χ1) is 10.1. The van der Waals surface area contributed by atoms with Crippen molar-refractivity contribution in [2.45, 2.75) is 57.9 Å². The number of rotatable bonds is 6. The number of nitrogens with one attached hydrogen (secondary N) is 1. The van der Waals surface area contributed by atoms with Crippen LogP contribution in [0.25, 0.3) is 0 Å². The first-order valence-electron chi connectivity index (χ1n) is 8.22. The topological polar surface area (TPSA) is 55.1 Å². The average Bonchev–Trinajstić information content (AvgIpc) is 2.94. The number of hydrogen-bond acceptors (Lipinski definition) is 2. The lowest BCUT2D eigenvalue weighted by molar-refractivity contribution is -0.122. The number of amides is 1. The fraction of sp³-hybridized carbons (Fsp3) is 0.611. The Bertz CT molecular complexity index is 455. The molecule has 3 unspecified atom stereocenters. The maximum atomic E-state index is 12.2. The summed E-state index contributed by atoms with van der Waals surface area (Å²) < 4.78 is 0. The minimum absolute atomic E-state index is 0.160. The molecule has 1 aliphatic carbocycles. The molecule has 1 aromatic rings. The van der Waals surface area contributed by atoms with Gasteiger partial charge in [-0.15, -0.1) is 0 Å². The van der Waals surface area contributed by atoms with E-state index in [1.165, 1.54) is 17.5 Å². The summed E-state index contributed by atoms with van der Waals surface area (Å²) in [7, 11) is 0. The van der Waals surface area contributed by atoms with Gasteiger partial charge in [0.15, 0.2) is 0 Å². The SMILES string of the molecule is CCc1ccc(C(C)CC(=O)NC2CCCC2CN)cc1. The molecule has 3 atom stereocenters. The van der Waals surface area contributed by atoms with Crippen LogP contribution < -0.4 is 11.1 Å². The smallest absolute Gasteiger partial charge is 0.220 e. The van der Waals surface area contributed by atoms with Crippen molar-refractivity contribution in [3.05, 3.63) is 35.4 Å². The Hall–Kier alpha value is -1.35. The van der Waals surface area contributed by atoms with E-state index in [1.807, 2.05) is 0 Å². The zero-order valence-corrected chi connectivity index (χ0v) is 13.3. The fourth-order valence-corrected chi connectivity index (χ4v) is 3.25. The van der Waals surface area contributed by atoms with Crippen LogP contribution in [0.15, 0.2) is 24.3 Å². The van der Waals surface area contributed by atoms with Gasteiger partial charge in [-0.1, -0.05) is 44.5 Å². The van der Waals surface area contributed by atoms with E-state index in [4.69, 9.17) is 5.73 Å². The Labute approximate surface area is 128 Å². The standard InChI is InChI=1S/C18H28N2O/c1-3-14-7-9-15(10-8-14)13(2)11-18(21)20-17-6-4-5-16(17)12-19/h7-10,13,16-17H,3-6,11-12,19H2,1-2H3,(H,20,21). The quantitative estimate of drug-likeness (QED) is 0.845. The van der Waals surface area contributed by atoms with Gasteiger partial charge in [-0.05, 0) is 48.8 Å². The Morgan fingerprint density at radius 2 is 2.05 bits per heavy atom. The largest absolute Gasteiger partial charge is 0.353 e. The van der Waals surface area contributed by atoms with Crippen molar-refractivity contribution in [1.29, 1.82) is 0 Å². The van der Waals surface area contributed by atoms with E-state index in [2.05, 4.69) is 43.4 Å². The molecule has 116 valence electrons. The third-order valence-electron chi connectivity index (χ3n) is 4.76. The molecule has 0 aromatic heterocycles. The molecule has 0 spiro atoms. The molecule has 0 aliphatic heterocycles. The maximum Gasteiger partial charge on any atom is 0.220 e. The molecule has 1 fully saturated rings. The number of benzene rings is 1.